The summed E-state index contributed by atoms with van der Waals surface area (Å²) in [5, 5.41) is 4.03. The monoisotopic (exact) mass is 480 g/mol. The molecular weight excluding hydrogens is 444 g/mol. The Balaban J connectivity index is 1.42. The number of rotatable bonds is 6. The highest BCUT2D eigenvalue weighted by Gasteiger charge is 2.48. The summed E-state index contributed by atoms with van der Waals surface area (Å²) in [6, 6.07) is 4.53. The van der Waals surface area contributed by atoms with Gasteiger partial charge in [-0.05, 0) is 55.7 Å². The molecule has 2 saturated heterocycles. The molecule has 1 aromatic carbocycles. The predicted molar refractivity (Wildman–Crippen MR) is 133 cm³/mol. The molecule has 3 aliphatic rings. The third kappa shape index (κ3) is 4.39. The molecule has 1 aromatic heterocycles. The van der Waals surface area contributed by atoms with Crippen LogP contribution in [0.5, 0.6) is 5.75 Å². The van der Waals surface area contributed by atoms with E-state index in [0.717, 1.165) is 66.7 Å². The fraction of sp³-hybridized carbons (Fsp3) is 0.593. The summed E-state index contributed by atoms with van der Waals surface area (Å²) in [4.78, 5) is 47.0. The van der Waals surface area contributed by atoms with Gasteiger partial charge in [0.1, 0.15) is 17.8 Å². The maximum absolute atomic E-state index is 13.8. The maximum atomic E-state index is 13.8. The number of methoxy groups -OCH3 is 1. The summed E-state index contributed by atoms with van der Waals surface area (Å²) in [7, 11) is 1.64. The second-order valence-electron chi connectivity index (χ2n) is 10.6. The number of benzene rings is 1. The van der Waals surface area contributed by atoms with E-state index in [2.05, 4.69) is 24.1 Å². The van der Waals surface area contributed by atoms with E-state index in [-0.39, 0.29) is 30.2 Å². The summed E-state index contributed by atoms with van der Waals surface area (Å²) in [6.07, 6.45) is 5.09. The fourth-order valence-corrected chi connectivity index (χ4v) is 6.01. The molecule has 3 aliphatic heterocycles. The Kier molecular flexibility index (Phi) is 6.47. The van der Waals surface area contributed by atoms with Gasteiger partial charge in [0.15, 0.2) is 0 Å². The van der Waals surface area contributed by atoms with Gasteiger partial charge in [-0.15, -0.1) is 0 Å². The molecular formula is C27H36N4O4. The number of nitrogens with zero attached hydrogens (tertiary/aromatic N) is 2. The molecule has 188 valence electrons. The van der Waals surface area contributed by atoms with Gasteiger partial charge in [0.25, 0.3) is 0 Å². The highest BCUT2D eigenvalue weighted by atomic mass is 16.5. The number of fused-ring (bicyclic) bond motifs is 4. The Morgan fingerprint density at radius 2 is 1.94 bits per heavy atom. The van der Waals surface area contributed by atoms with Gasteiger partial charge < -0.3 is 24.8 Å². The summed E-state index contributed by atoms with van der Waals surface area (Å²) < 4.78 is 5.40. The number of amides is 3. The van der Waals surface area contributed by atoms with Crippen LogP contribution in [0.25, 0.3) is 10.9 Å². The lowest BCUT2D eigenvalue weighted by Crippen LogP contribution is -2.66. The van der Waals surface area contributed by atoms with Crippen molar-refractivity contribution in [3.63, 3.8) is 0 Å². The van der Waals surface area contributed by atoms with E-state index in [1.54, 1.807) is 7.11 Å². The van der Waals surface area contributed by atoms with Crippen LogP contribution in [0.15, 0.2) is 18.2 Å². The third-order valence-electron chi connectivity index (χ3n) is 7.77. The van der Waals surface area contributed by atoms with Crippen LogP contribution in [0.3, 0.4) is 0 Å². The van der Waals surface area contributed by atoms with Gasteiger partial charge >= 0.3 is 0 Å². The number of ether oxygens (including phenoxy) is 1. The normalized spacial score (nSPS) is 24.4. The molecule has 8 heteroatoms. The van der Waals surface area contributed by atoms with E-state index in [9.17, 15) is 14.4 Å². The smallest absolute Gasteiger partial charge is 0.246 e. The zero-order valence-corrected chi connectivity index (χ0v) is 20.9. The minimum absolute atomic E-state index is 0.0754. The number of hydrogen-bond acceptors (Lipinski definition) is 4. The molecule has 2 fully saturated rings. The van der Waals surface area contributed by atoms with Gasteiger partial charge in [0, 0.05) is 48.6 Å². The number of hydrogen-bond donors (Lipinski definition) is 2. The lowest BCUT2D eigenvalue weighted by molar-refractivity contribution is -0.154. The van der Waals surface area contributed by atoms with E-state index >= 15 is 0 Å². The quantitative estimate of drug-likeness (QED) is 0.663. The van der Waals surface area contributed by atoms with Crippen LogP contribution in [-0.4, -0.2) is 64.8 Å². The fourth-order valence-electron chi connectivity index (χ4n) is 6.01. The first kappa shape index (κ1) is 23.7. The molecule has 4 heterocycles. The van der Waals surface area contributed by atoms with Crippen molar-refractivity contribution in [3.05, 3.63) is 29.5 Å². The molecule has 8 nitrogen and oxygen atoms in total. The molecule has 2 N–H and O–H groups in total. The number of aromatic amines is 1. The number of likely N-dealkylation sites (tertiary alicyclic amines) is 1. The third-order valence-corrected chi connectivity index (χ3v) is 7.77. The lowest BCUT2D eigenvalue weighted by atomic mass is 9.85. The highest BCUT2D eigenvalue weighted by molar-refractivity contribution is 5.99. The molecule has 0 bridgehead atoms. The maximum Gasteiger partial charge on any atom is 0.246 e. The lowest BCUT2D eigenvalue weighted by Gasteiger charge is -2.47. The number of nitrogens with one attached hydrogen (secondary N) is 2. The van der Waals surface area contributed by atoms with Crippen molar-refractivity contribution < 1.29 is 19.1 Å². The molecule has 0 spiro atoms. The van der Waals surface area contributed by atoms with Crippen molar-refractivity contribution in [1.29, 1.82) is 0 Å². The molecule has 3 amide bonds. The standard InChI is InChI=1S/C27H36N4O4/c1-16(2)13-22-25-19(18-8-7-17(35-3)14-21(18)28-25)15-23-26(33)29-20(27(34)31(22)23)9-10-24(32)30-11-5-4-6-12-30/h7-8,14,16,20,22-23,28H,4-6,9-13,15H2,1-3H3,(H,29,33)/t20-,22-,23-/m0/s1. The average molecular weight is 481 g/mol. The van der Waals surface area contributed by atoms with Gasteiger partial charge in [0.05, 0.1) is 13.2 Å². The number of piperidine rings is 1. The van der Waals surface area contributed by atoms with Crippen molar-refractivity contribution in [3.8, 4) is 5.75 Å². The number of aromatic nitrogens is 1. The minimum Gasteiger partial charge on any atom is -0.497 e. The van der Waals surface area contributed by atoms with Gasteiger partial charge in [0.2, 0.25) is 17.7 Å². The summed E-state index contributed by atoms with van der Waals surface area (Å²) in [5.74, 6) is 0.986. The zero-order valence-electron chi connectivity index (χ0n) is 20.9. The molecule has 0 saturated carbocycles. The Morgan fingerprint density at radius 3 is 2.66 bits per heavy atom. The summed E-state index contributed by atoms with van der Waals surface area (Å²) in [6.45, 7) is 5.86. The van der Waals surface area contributed by atoms with Crippen LogP contribution < -0.4 is 10.1 Å². The Morgan fingerprint density at radius 1 is 1.17 bits per heavy atom. The van der Waals surface area contributed by atoms with Crippen LogP contribution in [0.4, 0.5) is 0 Å². The Bertz CT molecular complexity index is 1130. The van der Waals surface area contributed by atoms with Crippen molar-refractivity contribution in [2.24, 2.45) is 5.92 Å². The number of H-pyrrole nitrogens is 1. The van der Waals surface area contributed by atoms with Crippen LogP contribution >= 0.6 is 0 Å². The first-order chi connectivity index (χ1) is 16.9. The van der Waals surface area contributed by atoms with Gasteiger partial charge in [-0.2, -0.15) is 0 Å². The van der Waals surface area contributed by atoms with E-state index in [4.69, 9.17) is 4.74 Å². The van der Waals surface area contributed by atoms with Crippen LogP contribution in [-0.2, 0) is 20.8 Å². The van der Waals surface area contributed by atoms with Crippen LogP contribution in [0.1, 0.15) is 69.7 Å². The van der Waals surface area contributed by atoms with E-state index < -0.39 is 12.1 Å². The summed E-state index contributed by atoms with van der Waals surface area (Å²) >= 11 is 0. The van der Waals surface area contributed by atoms with E-state index in [1.807, 2.05) is 28.0 Å². The number of carbonyl (C=O) groups excluding carboxylic acids is 3. The molecule has 3 atom stereocenters. The minimum atomic E-state index is -0.659. The van der Waals surface area contributed by atoms with E-state index in [0.29, 0.717) is 18.8 Å². The van der Waals surface area contributed by atoms with Crippen molar-refractivity contribution >= 4 is 28.6 Å². The molecule has 0 unspecified atom stereocenters. The molecule has 0 aliphatic carbocycles. The van der Waals surface area contributed by atoms with Crippen LogP contribution in [0.2, 0.25) is 0 Å². The largest absolute Gasteiger partial charge is 0.497 e. The Hall–Kier alpha value is -3.03. The second kappa shape index (κ2) is 9.55. The first-order valence-electron chi connectivity index (χ1n) is 13.0. The molecule has 5 rings (SSSR count). The molecule has 0 radical (unpaired) electrons. The topological polar surface area (TPSA) is 94.7 Å². The highest BCUT2D eigenvalue weighted by Crippen LogP contribution is 2.42. The SMILES string of the molecule is COc1ccc2c3c([nH]c2c1)[C@H](CC(C)C)N1C(=O)[C@H](CCC(=O)N2CCCCC2)NC(=O)[C@@H]1C3. The predicted octanol–water partition coefficient (Wildman–Crippen LogP) is 3.31. The number of piperazine rings is 1. The average Bonchev–Trinajstić information content (AvgIpc) is 3.23. The van der Waals surface area contributed by atoms with E-state index in [1.165, 1.54) is 0 Å². The van der Waals surface area contributed by atoms with Crippen molar-refractivity contribution in [2.75, 3.05) is 20.2 Å². The van der Waals surface area contributed by atoms with Gasteiger partial charge in [-0.25, -0.2) is 0 Å². The second-order valence-corrected chi connectivity index (χ2v) is 10.6. The molecule has 35 heavy (non-hydrogen) atoms. The summed E-state index contributed by atoms with van der Waals surface area (Å²) in [5.41, 5.74) is 3.08. The Labute approximate surface area is 206 Å². The van der Waals surface area contributed by atoms with Crippen molar-refractivity contribution in [2.45, 2.75) is 76.9 Å². The number of carbonyl (C=O) groups is 3. The first-order valence-corrected chi connectivity index (χ1v) is 13.0. The van der Waals surface area contributed by atoms with Crippen molar-refractivity contribution in [1.82, 2.24) is 20.1 Å². The van der Waals surface area contributed by atoms with Gasteiger partial charge in [-0.1, -0.05) is 13.8 Å². The van der Waals surface area contributed by atoms with Gasteiger partial charge in [-0.3, -0.25) is 14.4 Å². The zero-order chi connectivity index (χ0) is 24.7. The van der Waals surface area contributed by atoms with Crippen LogP contribution in [0, 0.1) is 5.92 Å². The molecule has 2 aromatic rings.